The summed E-state index contributed by atoms with van der Waals surface area (Å²) < 4.78 is 2.16. The molecule has 0 saturated heterocycles. The highest BCUT2D eigenvalue weighted by atomic mass is 16.3. The molecule has 4 nitrogen and oxygen atoms in total. The lowest BCUT2D eigenvalue weighted by Gasteiger charge is -2.14. The van der Waals surface area contributed by atoms with Crippen molar-refractivity contribution in [2.24, 2.45) is 0 Å². The monoisotopic (exact) mass is 209 g/mol. The molecule has 0 aliphatic heterocycles. The Hall–Kier alpha value is -0.900. The van der Waals surface area contributed by atoms with Crippen LogP contribution in [0.15, 0.2) is 0 Å². The van der Waals surface area contributed by atoms with Crippen LogP contribution in [0.5, 0.6) is 0 Å². The van der Waals surface area contributed by atoms with Gasteiger partial charge in [0.25, 0.3) is 0 Å². The summed E-state index contributed by atoms with van der Waals surface area (Å²) in [6.45, 7) is 4.36. The van der Waals surface area contributed by atoms with E-state index in [0.717, 1.165) is 24.5 Å². The topological polar surface area (TPSA) is 50.9 Å². The predicted octanol–water partition coefficient (Wildman–Crippen LogP) is 2.01. The van der Waals surface area contributed by atoms with Gasteiger partial charge in [0.2, 0.25) is 0 Å². The number of hydrogen-bond donors (Lipinski definition) is 1. The Kier molecular flexibility index (Phi) is 3.05. The maximum absolute atomic E-state index is 9.21. The van der Waals surface area contributed by atoms with Gasteiger partial charge in [-0.2, -0.15) is 0 Å². The van der Waals surface area contributed by atoms with E-state index in [-0.39, 0.29) is 6.61 Å². The third-order valence-electron chi connectivity index (χ3n) is 3.20. The van der Waals surface area contributed by atoms with Gasteiger partial charge in [-0.15, -0.1) is 10.2 Å². The average molecular weight is 209 g/mol. The minimum atomic E-state index is 0.00362. The van der Waals surface area contributed by atoms with Crippen LogP contribution < -0.4 is 0 Å². The van der Waals surface area contributed by atoms with Crippen LogP contribution >= 0.6 is 0 Å². The number of aliphatic hydroxyl groups excluding tert-OH is 1. The van der Waals surface area contributed by atoms with E-state index in [1.807, 2.05) is 0 Å². The highest BCUT2D eigenvalue weighted by Crippen LogP contribution is 2.38. The maximum Gasteiger partial charge on any atom is 0.159 e. The zero-order valence-electron chi connectivity index (χ0n) is 9.48. The molecule has 0 spiro atoms. The first kappa shape index (κ1) is 10.6. The molecule has 1 aromatic rings. The first-order chi connectivity index (χ1) is 7.31. The summed E-state index contributed by atoms with van der Waals surface area (Å²) >= 11 is 0. The van der Waals surface area contributed by atoms with Crippen molar-refractivity contribution < 1.29 is 5.11 Å². The van der Waals surface area contributed by atoms with Gasteiger partial charge in [-0.3, -0.25) is 0 Å². The second-order valence-electron chi connectivity index (χ2n) is 4.25. The molecule has 15 heavy (non-hydrogen) atoms. The fourth-order valence-electron chi connectivity index (χ4n) is 2.11. The summed E-state index contributed by atoms with van der Waals surface area (Å²) in [6, 6.07) is 0.553. The molecular weight excluding hydrogens is 190 g/mol. The van der Waals surface area contributed by atoms with E-state index in [0.29, 0.717) is 12.0 Å². The van der Waals surface area contributed by atoms with Crippen LogP contribution in [0.3, 0.4) is 0 Å². The first-order valence-corrected chi connectivity index (χ1v) is 5.86. The van der Waals surface area contributed by atoms with Crippen LogP contribution in [0.1, 0.15) is 63.1 Å². The highest BCUT2D eigenvalue weighted by molar-refractivity contribution is 5.06. The van der Waals surface area contributed by atoms with Gasteiger partial charge in [0.1, 0.15) is 12.4 Å². The molecule has 0 amide bonds. The number of rotatable bonds is 5. The molecule has 4 heteroatoms. The molecule has 0 atom stereocenters. The minimum Gasteiger partial charge on any atom is -0.388 e. The van der Waals surface area contributed by atoms with Crippen LogP contribution in [0.2, 0.25) is 0 Å². The standard InChI is InChI=1S/C11H19N3O/c1-3-8(4-2)11-13-12-10(7-15)14(11)9-5-6-9/h8-9,15H,3-7H2,1-2H3. The van der Waals surface area contributed by atoms with Crippen molar-refractivity contribution >= 4 is 0 Å². The molecule has 0 aromatic carbocycles. The van der Waals surface area contributed by atoms with Crippen LogP contribution in [0, 0.1) is 0 Å². The van der Waals surface area contributed by atoms with Gasteiger partial charge in [0, 0.05) is 12.0 Å². The average Bonchev–Trinajstić information content (AvgIpc) is 3.01. The maximum atomic E-state index is 9.21. The van der Waals surface area contributed by atoms with Gasteiger partial charge in [-0.1, -0.05) is 13.8 Å². The molecule has 0 bridgehead atoms. The molecule has 1 saturated carbocycles. The lowest BCUT2D eigenvalue weighted by Crippen LogP contribution is -2.09. The molecule has 2 rings (SSSR count). The fraction of sp³-hybridized carbons (Fsp3) is 0.818. The SMILES string of the molecule is CCC(CC)c1nnc(CO)n1C1CC1. The van der Waals surface area contributed by atoms with Gasteiger partial charge in [-0.25, -0.2) is 0 Å². The van der Waals surface area contributed by atoms with Crippen LogP contribution in [0.4, 0.5) is 0 Å². The lowest BCUT2D eigenvalue weighted by molar-refractivity contribution is 0.263. The smallest absolute Gasteiger partial charge is 0.159 e. The van der Waals surface area contributed by atoms with Crippen molar-refractivity contribution in [2.75, 3.05) is 0 Å². The fourth-order valence-corrected chi connectivity index (χ4v) is 2.11. The van der Waals surface area contributed by atoms with Gasteiger partial charge < -0.3 is 9.67 Å². The van der Waals surface area contributed by atoms with Gasteiger partial charge in [0.15, 0.2) is 5.82 Å². The Morgan fingerprint density at radius 2 is 2.00 bits per heavy atom. The van der Waals surface area contributed by atoms with E-state index in [1.165, 1.54) is 12.8 Å². The van der Waals surface area contributed by atoms with Crippen molar-refractivity contribution in [1.29, 1.82) is 0 Å². The summed E-state index contributed by atoms with van der Waals surface area (Å²) in [7, 11) is 0. The van der Waals surface area contributed by atoms with Crippen LogP contribution in [-0.4, -0.2) is 19.9 Å². The van der Waals surface area contributed by atoms with E-state index in [1.54, 1.807) is 0 Å². The van der Waals surface area contributed by atoms with E-state index < -0.39 is 0 Å². The molecular formula is C11H19N3O. The van der Waals surface area contributed by atoms with Crippen molar-refractivity contribution in [3.05, 3.63) is 11.6 Å². The number of nitrogens with zero attached hydrogens (tertiary/aromatic N) is 3. The van der Waals surface area contributed by atoms with Crippen LogP contribution in [0.25, 0.3) is 0 Å². The molecule has 1 aliphatic rings. The first-order valence-electron chi connectivity index (χ1n) is 5.86. The van der Waals surface area contributed by atoms with Gasteiger partial charge in [-0.05, 0) is 25.7 Å². The van der Waals surface area contributed by atoms with Crippen molar-refractivity contribution in [3.63, 3.8) is 0 Å². The molecule has 0 radical (unpaired) electrons. The summed E-state index contributed by atoms with van der Waals surface area (Å²) in [5.41, 5.74) is 0. The quantitative estimate of drug-likeness (QED) is 0.807. The Labute approximate surface area is 90.3 Å². The number of aromatic nitrogens is 3. The van der Waals surface area contributed by atoms with E-state index in [9.17, 15) is 5.11 Å². The molecule has 1 fully saturated rings. The second-order valence-corrected chi connectivity index (χ2v) is 4.25. The third kappa shape index (κ3) is 1.91. The molecule has 1 aliphatic carbocycles. The Morgan fingerprint density at radius 3 is 2.47 bits per heavy atom. The second kappa shape index (κ2) is 4.31. The van der Waals surface area contributed by atoms with E-state index >= 15 is 0 Å². The summed E-state index contributed by atoms with van der Waals surface area (Å²) in [5.74, 6) is 2.30. The predicted molar refractivity (Wildman–Crippen MR) is 57.5 cm³/mol. The zero-order chi connectivity index (χ0) is 10.8. The van der Waals surface area contributed by atoms with E-state index in [2.05, 4.69) is 28.6 Å². The molecule has 1 heterocycles. The minimum absolute atomic E-state index is 0.00362. The summed E-state index contributed by atoms with van der Waals surface area (Å²) in [6.07, 6.45) is 4.59. The van der Waals surface area contributed by atoms with Crippen molar-refractivity contribution in [3.8, 4) is 0 Å². The lowest BCUT2D eigenvalue weighted by atomic mass is 10.0. The van der Waals surface area contributed by atoms with Crippen molar-refractivity contribution in [2.45, 2.75) is 58.1 Å². The molecule has 1 N–H and O–H groups in total. The molecule has 84 valence electrons. The summed E-state index contributed by atoms with van der Waals surface area (Å²) in [4.78, 5) is 0. The summed E-state index contributed by atoms with van der Waals surface area (Å²) in [5, 5.41) is 17.5. The highest BCUT2D eigenvalue weighted by Gasteiger charge is 2.30. The van der Waals surface area contributed by atoms with Gasteiger partial charge in [0.05, 0.1) is 0 Å². The number of hydrogen-bond acceptors (Lipinski definition) is 3. The molecule has 0 unspecified atom stereocenters. The third-order valence-corrected chi connectivity index (χ3v) is 3.20. The number of aliphatic hydroxyl groups is 1. The van der Waals surface area contributed by atoms with Crippen LogP contribution in [-0.2, 0) is 6.61 Å². The van der Waals surface area contributed by atoms with Crippen molar-refractivity contribution in [1.82, 2.24) is 14.8 Å². The Balaban J connectivity index is 2.32. The van der Waals surface area contributed by atoms with Gasteiger partial charge >= 0.3 is 0 Å². The van der Waals surface area contributed by atoms with E-state index in [4.69, 9.17) is 0 Å². The Morgan fingerprint density at radius 1 is 1.33 bits per heavy atom. The zero-order valence-corrected chi connectivity index (χ0v) is 9.48. The molecule has 1 aromatic heterocycles. The normalized spacial score (nSPS) is 16.3. The Bertz CT molecular complexity index is 327. The largest absolute Gasteiger partial charge is 0.388 e.